The summed E-state index contributed by atoms with van der Waals surface area (Å²) in [6, 6.07) is 6.86. The number of fused-ring (bicyclic) bond motifs is 1. The SMILES string of the molecule is CCCCCOCC(=O)N1Cc2ccccc2CC1C(=O)O. The highest BCUT2D eigenvalue weighted by Gasteiger charge is 2.34. The van der Waals surface area contributed by atoms with Crippen LogP contribution in [-0.4, -0.2) is 41.1 Å². The third-order valence-electron chi connectivity index (χ3n) is 3.97. The van der Waals surface area contributed by atoms with Gasteiger partial charge in [0.15, 0.2) is 0 Å². The first kappa shape index (κ1) is 16.5. The third kappa shape index (κ3) is 4.07. The number of hydrogen-bond donors (Lipinski definition) is 1. The molecule has 1 aromatic carbocycles. The summed E-state index contributed by atoms with van der Waals surface area (Å²) in [5, 5.41) is 9.39. The quantitative estimate of drug-likeness (QED) is 0.785. The van der Waals surface area contributed by atoms with Gasteiger partial charge < -0.3 is 14.7 Å². The number of hydrogen-bond acceptors (Lipinski definition) is 3. The molecule has 0 aliphatic carbocycles. The van der Waals surface area contributed by atoms with Crippen molar-refractivity contribution in [1.29, 1.82) is 0 Å². The molecule has 0 spiro atoms. The van der Waals surface area contributed by atoms with E-state index < -0.39 is 12.0 Å². The second kappa shape index (κ2) is 7.94. The molecule has 1 atom stereocenters. The largest absolute Gasteiger partial charge is 0.480 e. The zero-order valence-corrected chi connectivity index (χ0v) is 13.0. The predicted molar refractivity (Wildman–Crippen MR) is 82.5 cm³/mol. The minimum Gasteiger partial charge on any atom is -0.480 e. The van der Waals surface area contributed by atoms with Crippen molar-refractivity contribution < 1.29 is 19.4 Å². The topological polar surface area (TPSA) is 66.8 Å². The molecule has 0 bridgehead atoms. The van der Waals surface area contributed by atoms with Crippen LogP contribution in [0.3, 0.4) is 0 Å². The first-order valence-electron chi connectivity index (χ1n) is 7.80. The average molecular weight is 305 g/mol. The van der Waals surface area contributed by atoms with Crippen molar-refractivity contribution in [3.8, 4) is 0 Å². The highest BCUT2D eigenvalue weighted by Crippen LogP contribution is 2.23. The van der Waals surface area contributed by atoms with Crippen molar-refractivity contribution in [1.82, 2.24) is 4.90 Å². The van der Waals surface area contributed by atoms with Gasteiger partial charge in [0.1, 0.15) is 12.6 Å². The number of ether oxygens (including phenoxy) is 1. The van der Waals surface area contributed by atoms with Crippen LogP contribution in [0, 0.1) is 0 Å². The molecule has 5 nitrogen and oxygen atoms in total. The number of carboxylic acid groups (broad SMARTS) is 1. The van der Waals surface area contributed by atoms with Gasteiger partial charge in [-0.15, -0.1) is 0 Å². The number of amides is 1. The van der Waals surface area contributed by atoms with Gasteiger partial charge in [-0.25, -0.2) is 4.79 Å². The molecule has 0 saturated carbocycles. The van der Waals surface area contributed by atoms with Crippen molar-refractivity contribution in [2.75, 3.05) is 13.2 Å². The van der Waals surface area contributed by atoms with Crippen LogP contribution in [0.2, 0.25) is 0 Å². The van der Waals surface area contributed by atoms with E-state index >= 15 is 0 Å². The molecule has 1 unspecified atom stereocenters. The summed E-state index contributed by atoms with van der Waals surface area (Å²) < 4.78 is 5.38. The molecule has 1 aliphatic heterocycles. The Morgan fingerprint density at radius 2 is 2.00 bits per heavy atom. The lowest BCUT2D eigenvalue weighted by molar-refractivity contribution is -0.153. The Bertz CT molecular complexity index is 529. The monoisotopic (exact) mass is 305 g/mol. The summed E-state index contributed by atoms with van der Waals surface area (Å²) in [7, 11) is 0. The van der Waals surface area contributed by atoms with E-state index in [0.717, 1.165) is 30.4 Å². The molecule has 2 rings (SSSR count). The van der Waals surface area contributed by atoms with Crippen molar-refractivity contribution in [2.24, 2.45) is 0 Å². The van der Waals surface area contributed by atoms with E-state index in [4.69, 9.17) is 4.74 Å². The van der Waals surface area contributed by atoms with Crippen molar-refractivity contribution in [3.63, 3.8) is 0 Å². The fraction of sp³-hybridized carbons (Fsp3) is 0.529. The maximum absolute atomic E-state index is 12.3. The van der Waals surface area contributed by atoms with E-state index in [1.165, 1.54) is 4.90 Å². The summed E-state index contributed by atoms with van der Waals surface area (Å²) in [5.74, 6) is -1.22. The van der Waals surface area contributed by atoms with Gasteiger partial charge in [-0.3, -0.25) is 4.79 Å². The molecule has 1 aromatic rings. The van der Waals surface area contributed by atoms with Crippen LogP contribution in [0.25, 0.3) is 0 Å². The van der Waals surface area contributed by atoms with E-state index in [0.29, 0.717) is 19.6 Å². The number of carbonyl (C=O) groups excluding carboxylic acids is 1. The standard InChI is InChI=1S/C17H23NO4/c1-2-3-6-9-22-12-16(19)18-11-14-8-5-4-7-13(14)10-15(18)17(20)21/h4-5,7-8,15H,2-3,6,9-12H2,1H3,(H,20,21). The molecule has 1 aliphatic rings. The van der Waals surface area contributed by atoms with Crippen LogP contribution in [0.15, 0.2) is 24.3 Å². The molecular formula is C17H23NO4. The molecule has 1 heterocycles. The first-order chi connectivity index (χ1) is 10.6. The zero-order valence-electron chi connectivity index (χ0n) is 13.0. The smallest absolute Gasteiger partial charge is 0.326 e. The van der Waals surface area contributed by atoms with Gasteiger partial charge >= 0.3 is 5.97 Å². The third-order valence-corrected chi connectivity index (χ3v) is 3.97. The first-order valence-corrected chi connectivity index (χ1v) is 7.80. The summed E-state index contributed by atoms with van der Waals surface area (Å²) >= 11 is 0. The normalized spacial score (nSPS) is 17.1. The van der Waals surface area contributed by atoms with Gasteiger partial charge in [0, 0.05) is 19.6 Å². The number of carboxylic acids is 1. The van der Waals surface area contributed by atoms with Crippen molar-refractivity contribution in [2.45, 2.75) is 45.2 Å². The highest BCUT2D eigenvalue weighted by molar-refractivity contribution is 5.85. The lowest BCUT2D eigenvalue weighted by atomic mass is 9.94. The van der Waals surface area contributed by atoms with E-state index in [-0.39, 0.29) is 12.5 Å². The van der Waals surface area contributed by atoms with Crippen molar-refractivity contribution in [3.05, 3.63) is 35.4 Å². The van der Waals surface area contributed by atoms with Gasteiger partial charge in [0.05, 0.1) is 0 Å². The lowest BCUT2D eigenvalue weighted by Crippen LogP contribution is -2.49. The van der Waals surface area contributed by atoms with Gasteiger partial charge in [-0.1, -0.05) is 44.0 Å². The summed E-state index contributed by atoms with van der Waals surface area (Å²) in [4.78, 5) is 25.2. The lowest BCUT2D eigenvalue weighted by Gasteiger charge is -2.34. The molecule has 5 heteroatoms. The fourth-order valence-electron chi connectivity index (χ4n) is 2.70. The number of carbonyl (C=O) groups is 2. The predicted octanol–water partition coefficient (Wildman–Crippen LogP) is 2.23. The minimum absolute atomic E-state index is 0.0460. The summed E-state index contributed by atoms with van der Waals surface area (Å²) in [6.07, 6.45) is 3.45. The van der Waals surface area contributed by atoms with E-state index in [1.807, 2.05) is 24.3 Å². The van der Waals surface area contributed by atoms with Crippen LogP contribution in [0.1, 0.15) is 37.3 Å². The van der Waals surface area contributed by atoms with Gasteiger partial charge in [-0.05, 0) is 17.5 Å². The highest BCUT2D eigenvalue weighted by atomic mass is 16.5. The van der Waals surface area contributed by atoms with Crippen LogP contribution in [0.4, 0.5) is 0 Å². The Morgan fingerprint density at radius 1 is 1.27 bits per heavy atom. The second-order valence-electron chi connectivity index (χ2n) is 5.61. The van der Waals surface area contributed by atoms with Gasteiger partial charge in [0.25, 0.3) is 0 Å². The molecule has 1 N–H and O–H groups in total. The summed E-state index contributed by atoms with van der Waals surface area (Å²) in [6.45, 7) is 2.94. The Hall–Kier alpha value is -1.88. The summed E-state index contributed by atoms with van der Waals surface area (Å²) in [5.41, 5.74) is 2.02. The average Bonchev–Trinajstić information content (AvgIpc) is 2.53. The number of benzene rings is 1. The number of rotatable bonds is 7. The maximum Gasteiger partial charge on any atom is 0.326 e. The van der Waals surface area contributed by atoms with Crippen LogP contribution >= 0.6 is 0 Å². The number of aliphatic carboxylic acids is 1. The Labute approximate surface area is 130 Å². The fourth-order valence-corrected chi connectivity index (χ4v) is 2.70. The zero-order chi connectivity index (χ0) is 15.9. The molecule has 120 valence electrons. The molecule has 0 fully saturated rings. The van der Waals surface area contributed by atoms with Gasteiger partial charge in [0.2, 0.25) is 5.91 Å². The van der Waals surface area contributed by atoms with E-state index in [1.54, 1.807) is 0 Å². The Kier molecular flexibility index (Phi) is 5.95. The molecule has 0 radical (unpaired) electrons. The number of unbranched alkanes of at least 4 members (excludes halogenated alkanes) is 2. The van der Waals surface area contributed by atoms with Crippen LogP contribution < -0.4 is 0 Å². The molecular weight excluding hydrogens is 282 g/mol. The minimum atomic E-state index is -0.964. The Morgan fingerprint density at radius 3 is 2.68 bits per heavy atom. The van der Waals surface area contributed by atoms with Gasteiger partial charge in [-0.2, -0.15) is 0 Å². The maximum atomic E-state index is 12.3. The Balaban J connectivity index is 1.98. The van der Waals surface area contributed by atoms with Crippen molar-refractivity contribution >= 4 is 11.9 Å². The van der Waals surface area contributed by atoms with Crippen LogP contribution in [0.5, 0.6) is 0 Å². The van der Waals surface area contributed by atoms with E-state index in [2.05, 4.69) is 6.92 Å². The number of nitrogens with zero attached hydrogens (tertiary/aromatic N) is 1. The van der Waals surface area contributed by atoms with E-state index in [9.17, 15) is 14.7 Å². The van der Waals surface area contributed by atoms with Crippen LogP contribution in [-0.2, 0) is 27.3 Å². The molecule has 0 saturated heterocycles. The second-order valence-corrected chi connectivity index (χ2v) is 5.61. The molecule has 1 amide bonds. The molecule has 0 aromatic heterocycles. The molecule has 22 heavy (non-hydrogen) atoms.